The van der Waals surface area contributed by atoms with Crippen LogP contribution in [0.4, 0.5) is 33.2 Å². The maximum absolute atomic E-state index is 13.9. The molecule has 1 aliphatic heterocycles. The zero-order chi connectivity index (χ0) is 33.7. The first-order chi connectivity index (χ1) is 23.8. The molecule has 2 aliphatic rings. The SMILES string of the molecule is CC1(C)c2cc(N(c3ccccc3)c3ccccc3)cnc2-c2oc(C=C3C(=O)N(c4ccccc4)C(=O)N(c4ccccc4)C3=O)cc21. The summed E-state index contributed by atoms with van der Waals surface area (Å²) >= 11 is 0. The van der Waals surface area contributed by atoms with Gasteiger partial charge in [-0.15, -0.1) is 0 Å². The fourth-order valence-electron chi connectivity index (χ4n) is 6.58. The molecule has 0 bridgehead atoms. The molecule has 2 aromatic heterocycles. The van der Waals surface area contributed by atoms with Crippen LogP contribution >= 0.6 is 0 Å². The Hall–Kier alpha value is -6.54. The van der Waals surface area contributed by atoms with Gasteiger partial charge < -0.3 is 9.32 Å². The summed E-state index contributed by atoms with van der Waals surface area (Å²) in [7, 11) is 0. The molecule has 8 rings (SSSR count). The van der Waals surface area contributed by atoms with E-state index in [0.717, 1.165) is 38.0 Å². The van der Waals surface area contributed by atoms with Crippen molar-refractivity contribution >= 4 is 52.4 Å². The van der Waals surface area contributed by atoms with Crippen molar-refractivity contribution in [1.29, 1.82) is 0 Å². The number of hydrogen-bond acceptors (Lipinski definition) is 6. The zero-order valence-electron chi connectivity index (χ0n) is 26.8. The minimum atomic E-state index is -0.749. The number of imide groups is 2. The third-order valence-electron chi connectivity index (χ3n) is 9.04. The van der Waals surface area contributed by atoms with Crippen LogP contribution in [-0.4, -0.2) is 22.8 Å². The second-order valence-corrected chi connectivity index (χ2v) is 12.4. The van der Waals surface area contributed by atoms with Crippen molar-refractivity contribution in [2.45, 2.75) is 19.3 Å². The number of benzene rings is 4. The topological polar surface area (TPSA) is 87.0 Å². The molecular formula is C41H30N4O4. The van der Waals surface area contributed by atoms with Gasteiger partial charge in [0, 0.05) is 22.4 Å². The Morgan fingerprint density at radius 1 is 0.633 bits per heavy atom. The van der Waals surface area contributed by atoms with Crippen LogP contribution in [-0.2, 0) is 15.0 Å². The maximum atomic E-state index is 13.9. The molecule has 49 heavy (non-hydrogen) atoms. The molecule has 0 unspecified atom stereocenters. The molecule has 0 radical (unpaired) electrons. The van der Waals surface area contributed by atoms with Crippen molar-refractivity contribution in [3.05, 3.63) is 162 Å². The standard InChI is InChI=1S/C41H30N4O4/c1-41(2)34-23-31(43(27-15-7-3-8-16-27)28-17-9-4-10-18-28)26-42-36(34)37-35(41)25-32(49-37)24-33-38(46)44(29-19-11-5-12-20-29)40(48)45(39(33)47)30-21-13-6-14-22-30/h3-26H,1-2H3. The Balaban J connectivity index is 1.20. The van der Waals surface area contributed by atoms with E-state index >= 15 is 0 Å². The molecule has 0 spiro atoms. The second kappa shape index (κ2) is 11.6. The molecule has 3 heterocycles. The Kier molecular flexibility index (Phi) is 7.07. The largest absolute Gasteiger partial charge is 0.455 e. The third-order valence-corrected chi connectivity index (χ3v) is 9.04. The second-order valence-electron chi connectivity index (χ2n) is 12.4. The van der Waals surface area contributed by atoms with E-state index in [1.54, 1.807) is 60.7 Å². The van der Waals surface area contributed by atoms with Gasteiger partial charge in [-0.3, -0.25) is 14.6 Å². The Morgan fingerprint density at radius 2 is 1.12 bits per heavy atom. The first-order valence-corrected chi connectivity index (χ1v) is 15.9. The summed E-state index contributed by atoms with van der Waals surface area (Å²) in [6.07, 6.45) is 3.26. The first kappa shape index (κ1) is 29.8. The fourth-order valence-corrected chi connectivity index (χ4v) is 6.58. The lowest BCUT2D eigenvalue weighted by Gasteiger charge is -2.33. The van der Waals surface area contributed by atoms with Crippen LogP contribution < -0.4 is 14.7 Å². The minimum Gasteiger partial charge on any atom is -0.455 e. The Morgan fingerprint density at radius 3 is 1.63 bits per heavy atom. The van der Waals surface area contributed by atoms with E-state index in [-0.39, 0.29) is 5.57 Å². The van der Waals surface area contributed by atoms with Crippen molar-refractivity contribution in [2.24, 2.45) is 0 Å². The Labute approximate surface area is 283 Å². The lowest BCUT2D eigenvalue weighted by Crippen LogP contribution is -2.57. The van der Waals surface area contributed by atoms with Gasteiger partial charge in [0.2, 0.25) is 0 Å². The van der Waals surface area contributed by atoms with Gasteiger partial charge in [-0.05, 0) is 72.3 Å². The fraction of sp³-hybridized carbons (Fsp3) is 0.0732. The summed E-state index contributed by atoms with van der Waals surface area (Å²) in [6.45, 7) is 4.21. The summed E-state index contributed by atoms with van der Waals surface area (Å²) in [6, 6.07) is 40.7. The summed E-state index contributed by atoms with van der Waals surface area (Å²) in [5, 5.41) is 0. The maximum Gasteiger partial charge on any atom is 0.343 e. The van der Waals surface area contributed by atoms with E-state index in [0.29, 0.717) is 28.6 Å². The molecule has 4 aromatic carbocycles. The number of amides is 4. The number of anilines is 5. The van der Waals surface area contributed by atoms with Gasteiger partial charge in [0.05, 0.1) is 23.3 Å². The van der Waals surface area contributed by atoms with E-state index in [1.807, 2.05) is 48.7 Å². The van der Waals surface area contributed by atoms with E-state index in [4.69, 9.17) is 9.40 Å². The quantitative estimate of drug-likeness (QED) is 0.133. The number of aromatic nitrogens is 1. The van der Waals surface area contributed by atoms with Gasteiger partial charge >= 0.3 is 6.03 Å². The molecule has 0 atom stereocenters. The number of urea groups is 1. The van der Waals surface area contributed by atoms with Crippen LogP contribution in [0.1, 0.15) is 30.7 Å². The number of hydrogen-bond donors (Lipinski definition) is 0. The summed E-state index contributed by atoms with van der Waals surface area (Å²) in [5.74, 6) is -0.559. The van der Waals surface area contributed by atoms with Crippen molar-refractivity contribution in [3.63, 3.8) is 0 Å². The summed E-state index contributed by atoms with van der Waals surface area (Å²) in [4.78, 5) is 50.6. The minimum absolute atomic E-state index is 0.192. The first-order valence-electron chi connectivity index (χ1n) is 15.9. The van der Waals surface area contributed by atoms with E-state index in [1.165, 1.54) is 6.08 Å². The number of fused-ring (bicyclic) bond motifs is 3. The molecule has 8 heteroatoms. The van der Waals surface area contributed by atoms with Crippen LogP contribution in [0.15, 0.2) is 150 Å². The molecule has 1 aliphatic carbocycles. The van der Waals surface area contributed by atoms with Gasteiger partial charge in [-0.1, -0.05) is 86.6 Å². The number of furan rings is 1. The molecule has 0 saturated carbocycles. The highest BCUT2D eigenvalue weighted by Crippen LogP contribution is 2.51. The third kappa shape index (κ3) is 4.93. The van der Waals surface area contributed by atoms with Crippen LogP contribution in [0.2, 0.25) is 0 Å². The van der Waals surface area contributed by atoms with Crippen LogP contribution in [0.5, 0.6) is 0 Å². The van der Waals surface area contributed by atoms with E-state index < -0.39 is 23.3 Å². The van der Waals surface area contributed by atoms with Gasteiger partial charge in [0.1, 0.15) is 17.0 Å². The Bertz CT molecular complexity index is 2160. The van der Waals surface area contributed by atoms with Crippen LogP contribution in [0.3, 0.4) is 0 Å². The summed E-state index contributed by atoms with van der Waals surface area (Å²) < 4.78 is 6.39. The van der Waals surface area contributed by atoms with Gasteiger partial charge in [-0.25, -0.2) is 14.6 Å². The highest BCUT2D eigenvalue weighted by molar-refractivity contribution is 6.46. The lowest BCUT2D eigenvalue weighted by atomic mass is 9.83. The molecule has 0 N–H and O–H groups in total. The summed E-state index contributed by atoms with van der Waals surface area (Å²) in [5.41, 5.74) is 5.51. The normalized spacial score (nSPS) is 14.9. The predicted octanol–water partition coefficient (Wildman–Crippen LogP) is 9.03. The van der Waals surface area contributed by atoms with Gasteiger partial charge in [0.25, 0.3) is 11.8 Å². The molecule has 8 nitrogen and oxygen atoms in total. The number of nitrogens with zero attached hydrogens (tertiary/aromatic N) is 4. The molecule has 1 fully saturated rings. The van der Waals surface area contributed by atoms with E-state index in [9.17, 15) is 14.4 Å². The van der Waals surface area contributed by atoms with Gasteiger partial charge in [-0.2, -0.15) is 0 Å². The number of carbonyl (C=O) groups is 3. The van der Waals surface area contributed by atoms with Gasteiger partial charge in [0.15, 0.2) is 5.76 Å². The number of para-hydroxylation sites is 4. The highest BCUT2D eigenvalue weighted by atomic mass is 16.3. The number of pyridine rings is 1. The lowest BCUT2D eigenvalue weighted by molar-refractivity contribution is -0.121. The predicted molar refractivity (Wildman–Crippen MR) is 190 cm³/mol. The average molecular weight is 643 g/mol. The molecule has 1 saturated heterocycles. The van der Waals surface area contributed by atoms with Crippen LogP contribution in [0, 0.1) is 0 Å². The number of rotatable bonds is 6. The van der Waals surface area contributed by atoms with E-state index in [2.05, 4.69) is 49.1 Å². The molecule has 4 amide bonds. The number of carbonyl (C=O) groups excluding carboxylic acids is 3. The highest BCUT2D eigenvalue weighted by Gasteiger charge is 2.45. The van der Waals surface area contributed by atoms with Crippen molar-refractivity contribution in [3.8, 4) is 11.5 Å². The van der Waals surface area contributed by atoms with Crippen LogP contribution in [0.25, 0.3) is 17.5 Å². The van der Waals surface area contributed by atoms with Crippen molar-refractivity contribution in [1.82, 2.24) is 4.98 Å². The molecule has 238 valence electrons. The van der Waals surface area contributed by atoms with Crippen molar-refractivity contribution < 1.29 is 18.8 Å². The zero-order valence-corrected chi connectivity index (χ0v) is 26.8. The molecule has 6 aromatic rings. The smallest absolute Gasteiger partial charge is 0.343 e. The van der Waals surface area contributed by atoms with Crippen molar-refractivity contribution in [2.75, 3.05) is 14.7 Å². The average Bonchev–Trinajstić information content (AvgIpc) is 3.64. The number of barbiturate groups is 1. The monoisotopic (exact) mass is 642 g/mol. The molecular weight excluding hydrogens is 612 g/mol.